The van der Waals surface area contributed by atoms with E-state index in [9.17, 15) is 15.0 Å². The molecule has 0 fully saturated rings. The third-order valence-electron chi connectivity index (χ3n) is 3.49. The van der Waals surface area contributed by atoms with Crippen LogP contribution in [0.1, 0.15) is 30.6 Å². The molecule has 4 nitrogen and oxygen atoms in total. The first-order valence-corrected chi connectivity index (χ1v) is 6.91. The second-order valence-electron chi connectivity index (χ2n) is 4.80. The molecule has 1 aromatic rings. The van der Waals surface area contributed by atoms with Gasteiger partial charge in [-0.15, -0.1) is 11.6 Å². The molecular formula is C14H18ClNO3. The fourth-order valence-electron chi connectivity index (χ4n) is 2.42. The molecule has 5 heteroatoms. The van der Waals surface area contributed by atoms with Crippen LogP contribution >= 0.6 is 11.6 Å². The molecule has 2 N–H and O–H groups in total. The van der Waals surface area contributed by atoms with Crippen LogP contribution in [0, 0.1) is 0 Å². The van der Waals surface area contributed by atoms with Crippen LogP contribution in [0.5, 0.6) is 0 Å². The van der Waals surface area contributed by atoms with Gasteiger partial charge in [0.2, 0.25) is 5.91 Å². The normalized spacial score (nSPS) is 17.2. The molecule has 0 aliphatic carbocycles. The summed E-state index contributed by atoms with van der Waals surface area (Å²) in [6, 6.07) is 5.44. The van der Waals surface area contributed by atoms with Gasteiger partial charge in [0.25, 0.3) is 0 Å². The summed E-state index contributed by atoms with van der Waals surface area (Å²) in [6.45, 7) is 2.22. The van der Waals surface area contributed by atoms with Crippen molar-refractivity contribution in [2.75, 3.05) is 17.3 Å². The predicted octanol–water partition coefficient (Wildman–Crippen LogP) is 1.62. The highest BCUT2D eigenvalue weighted by atomic mass is 35.5. The van der Waals surface area contributed by atoms with Gasteiger partial charge in [0.1, 0.15) is 6.10 Å². The third-order valence-corrected chi connectivity index (χ3v) is 3.71. The quantitative estimate of drug-likeness (QED) is 0.826. The van der Waals surface area contributed by atoms with Crippen molar-refractivity contribution in [1.29, 1.82) is 0 Å². The second kappa shape index (κ2) is 5.90. The number of carbonyl (C=O) groups is 1. The highest BCUT2D eigenvalue weighted by Gasteiger charge is 2.24. The molecule has 1 heterocycles. The Morgan fingerprint density at radius 2 is 2.21 bits per heavy atom. The minimum Gasteiger partial charge on any atom is -0.390 e. The number of fused-ring (bicyclic) bond motifs is 1. The minimum atomic E-state index is -0.935. The predicted molar refractivity (Wildman–Crippen MR) is 74.5 cm³/mol. The van der Waals surface area contributed by atoms with E-state index in [-0.39, 0.29) is 5.91 Å². The van der Waals surface area contributed by atoms with Gasteiger partial charge in [-0.05, 0) is 30.0 Å². The van der Waals surface area contributed by atoms with E-state index in [1.165, 1.54) is 0 Å². The van der Waals surface area contributed by atoms with Gasteiger partial charge in [-0.1, -0.05) is 12.1 Å². The van der Waals surface area contributed by atoms with Gasteiger partial charge in [-0.25, -0.2) is 0 Å². The first-order chi connectivity index (χ1) is 9.04. The van der Waals surface area contributed by atoms with Crippen LogP contribution in [0.25, 0.3) is 0 Å². The second-order valence-corrected chi connectivity index (χ2v) is 5.18. The van der Waals surface area contributed by atoms with Gasteiger partial charge >= 0.3 is 0 Å². The van der Waals surface area contributed by atoms with Gasteiger partial charge < -0.3 is 15.1 Å². The topological polar surface area (TPSA) is 60.8 Å². The van der Waals surface area contributed by atoms with E-state index >= 15 is 0 Å². The molecule has 0 saturated carbocycles. The van der Waals surface area contributed by atoms with Crippen molar-refractivity contribution in [3.63, 3.8) is 0 Å². The fourth-order valence-corrected chi connectivity index (χ4v) is 2.65. The van der Waals surface area contributed by atoms with Crippen molar-refractivity contribution in [2.24, 2.45) is 0 Å². The van der Waals surface area contributed by atoms with Gasteiger partial charge in [0.05, 0.1) is 6.10 Å². The van der Waals surface area contributed by atoms with E-state index in [0.717, 1.165) is 17.7 Å². The van der Waals surface area contributed by atoms with E-state index in [0.29, 0.717) is 24.4 Å². The summed E-state index contributed by atoms with van der Waals surface area (Å²) in [5, 5.41) is 19.8. The molecule has 1 aliphatic heterocycles. The van der Waals surface area contributed by atoms with Crippen LogP contribution < -0.4 is 4.90 Å². The molecule has 2 atom stereocenters. The molecule has 19 heavy (non-hydrogen) atoms. The van der Waals surface area contributed by atoms with Crippen molar-refractivity contribution in [3.8, 4) is 0 Å². The number of aliphatic hydroxyl groups is 2. The first-order valence-electron chi connectivity index (χ1n) is 6.37. The van der Waals surface area contributed by atoms with E-state index in [1.807, 2.05) is 12.1 Å². The number of hydrogen-bond acceptors (Lipinski definition) is 3. The van der Waals surface area contributed by atoms with Gasteiger partial charge in [-0.3, -0.25) is 4.79 Å². The Bertz CT molecular complexity index is 478. The van der Waals surface area contributed by atoms with E-state index < -0.39 is 12.2 Å². The maximum Gasteiger partial charge on any atom is 0.223 e. The Hall–Kier alpha value is -1.10. The van der Waals surface area contributed by atoms with Gasteiger partial charge in [0.15, 0.2) is 0 Å². The van der Waals surface area contributed by atoms with Crippen molar-refractivity contribution in [2.45, 2.75) is 32.0 Å². The molecule has 2 rings (SSSR count). The third kappa shape index (κ3) is 2.91. The summed E-state index contributed by atoms with van der Waals surface area (Å²) < 4.78 is 0. The maximum atomic E-state index is 11.4. The van der Waals surface area contributed by atoms with Crippen molar-refractivity contribution >= 4 is 23.2 Å². The van der Waals surface area contributed by atoms with Gasteiger partial charge in [-0.2, -0.15) is 0 Å². The van der Waals surface area contributed by atoms with Crippen LogP contribution in [-0.4, -0.2) is 34.6 Å². The zero-order valence-electron chi connectivity index (χ0n) is 10.8. The summed E-state index contributed by atoms with van der Waals surface area (Å²) in [5.41, 5.74) is 2.60. The fraction of sp³-hybridized carbons (Fsp3) is 0.500. The number of amides is 1. The van der Waals surface area contributed by atoms with Crippen LogP contribution in [0.2, 0.25) is 0 Å². The zero-order chi connectivity index (χ0) is 14.0. The lowest BCUT2D eigenvalue weighted by Crippen LogP contribution is -2.25. The molecule has 0 spiro atoms. The van der Waals surface area contributed by atoms with Crippen molar-refractivity contribution in [1.82, 2.24) is 0 Å². The number of nitrogens with zero attached hydrogens (tertiary/aromatic N) is 1. The number of rotatable bonds is 4. The van der Waals surface area contributed by atoms with Crippen LogP contribution in [-0.2, 0) is 11.2 Å². The SMILES string of the molecule is CC(=O)N1CCc2cc(C(O)C(O)CCCl)ccc21. The summed E-state index contributed by atoms with van der Waals surface area (Å²) in [5.74, 6) is 0.329. The number of hydrogen-bond donors (Lipinski definition) is 2. The largest absolute Gasteiger partial charge is 0.390 e. The number of carbonyl (C=O) groups excluding carboxylic acids is 1. The van der Waals surface area contributed by atoms with Crippen molar-refractivity contribution in [3.05, 3.63) is 29.3 Å². The summed E-state index contributed by atoms with van der Waals surface area (Å²) in [7, 11) is 0. The smallest absolute Gasteiger partial charge is 0.223 e. The molecule has 1 amide bonds. The van der Waals surface area contributed by atoms with Crippen molar-refractivity contribution < 1.29 is 15.0 Å². The molecule has 0 bridgehead atoms. The number of anilines is 1. The minimum absolute atomic E-state index is 0.0224. The summed E-state index contributed by atoms with van der Waals surface area (Å²) in [6.07, 6.45) is -0.670. The van der Waals surface area contributed by atoms with E-state index in [1.54, 1.807) is 17.9 Å². The first kappa shape index (κ1) is 14.3. The maximum absolute atomic E-state index is 11.4. The number of benzene rings is 1. The lowest BCUT2D eigenvalue weighted by Gasteiger charge is -2.19. The average molecular weight is 284 g/mol. The van der Waals surface area contributed by atoms with Crippen LogP contribution in [0.3, 0.4) is 0 Å². The molecule has 1 aliphatic rings. The molecule has 1 aromatic carbocycles. The highest BCUT2D eigenvalue weighted by Crippen LogP contribution is 2.31. The lowest BCUT2D eigenvalue weighted by atomic mass is 9.99. The lowest BCUT2D eigenvalue weighted by molar-refractivity contribution is -0.116. The Kier molecular flexibility index (Phi) is 4.45. The molecular weight excluding hydrogens is 266 g/mol. The molecule has 0 radical (unpaired) electrons. The zero-order valence-corrected chi connectivity index (χ0v) is 11.6. The highest BCUT2D eigenvalue weighted by molar-refractivity contribution is 6.17. The molecule has 0 aromatic heterocycles. The Morgan fingerprint density at radius 3 is 2.84 bits per heavy atom. The Balaban J connectivity index is 2.21. The number of halogens is 1. The number of alkyl halides is 1. The van der Waals surface area contributed by atoms with Crippen LogP contribution in [0.15, 0.2) is 18.2 Å². The molecule has 2 unspecified atom stereocenters. The molecule has 0 saturated heterocycles. The Labute approximate surface area is 117 Å². The average Bonchev–Trinajstić information content (AvgIpc) is 2.80. The van der Waals surface area contributed by atoms with Gasteiger partial charge in [0, 0.05) is 25.0 Å². The summed E-state index contributed by atoms with van der Waals surface area (Å²) in [4.78, 5) is 13.2. The summed E-state index contributed by atoms with van der Waals surface area (Å²) >= 11 is 5.56. The monoisotopic (exact) mass is 283 g/mol. The van der Waals surface area contributed by atoms with E-state index in [4.69, 9.17) is 11.6 Å². The molecule has 104 valence electrons. The Morgan fingerprint density at radius 1 is 1.47 bits per heavy atom. The van der Waals surface area contributed by atoms with E-state index in [2.05, 4.69) is 0 Å². The standard InChI is InChI=1S/C14H18ClNO3/c1-9(17)16-7-5-10-8-11(2-3-12(10)16)14(19)13(18)4-6-15/h2-3,8,13-14,18-19H,4-7H2,1H3. The van der Waals surface area contributed by atoms with Crippen LogP contribution in [0.4, 0.5) is 5.69 Å². The number of aliphatic hydroxyl groups excluding tert-OH is 2.